The minimum Gasteiger partial charge on any atom is -0.323 e. The molecule has 3 nitrogen and oxygen atoms in total. The number of nitrogens with zero attached hydrogens (tertiary/aromatic N) is 1. The van der Waals surface area contributed by atoms with E-state index < -0.39 is 0 Å². The molecular formula is C17H32N2OS. The van der Waals surface area contributed by atoms with Crippen LogP contribution in [-0.4, -0.2) is 40.6 Å². The molecule has 1 aliphatic heterocycles. The zero-order valence-electron chi connectivity index (χ0n) is 14.1. The van der Waals surface area contributed by atoms with Crippen molar-refractivity contribution < 1.29 is 4.79 Å². The summed E-state index contributed by atoms with van der Waals surface area (Å²) in [5, 5.41) is 4.43. The fourth-order valence-electron chi connectivity index (χ4n) is 3.85. The zero-order chi connectivity index (χ0) is 15.4. The van der Waals surface area contributed by atoms with Gasteiger partial charge in [0.25, 0.3) is 0 Å². The fraction of sp³-hybridized carbons (Fsp3) is 0.941. The van der Waals surface area contributed by atoms with Crippen molar-refractivity contribution in [3.8, 4) is 0 Å². The van der Waals surface area contributed by atoms with Gasteiger partial charge in [0.1, 0.15) is 0 Å². The normalized spacial score (nSPS) is 34.0. The van der Waals surface area contributed by atoms with Crippen LogP contribution in [0.25, 0.3) is 0 Å². The average molecular weight is 313 g/mol. The van der Waals surface area contributed by atoms with E-state index in [4.69, 9.17) is 0 Å². The number of hydrogen-bond acceptors (Lipinski definition) is 3. The van der Waals surface area contributed by atoms with Crippen molar-refractivity contribution in [2.45, 2.75) is 89.2 Å². The minimum absolute atomic E-state index is 0.0554. The molecule has 1 saturated carbocycles. The highest BCUT2D eigenvalue weighted by Crippen LogP contribution is 2.33. The second kappa shape index (κ2) is 7.87. The highest BCUT2D eigenvalue weighted by atomic mass is 32.2. The Kier molecular flexibility index (Phi) is 6.42. The summed E-state index contributed by atoms with van der Waals surface area (Å²) >= 11 is 1.99. The molecule has 4 heteroatoms. The summed E-state index contributed by atoms with van der Waals surface area (Å²) in [5.74, 6) is 0.940. The van der Waals surface area contributed by atoms with Crippen LogP contribution in [0, 0.1) is 5.92 Å². The Balaban J connectivity index is 2.02. The SMILES string of the molecule is CCCC1NC(CC(C)C)C(=O)N1C1CCC(SC)CC1. The number of amides is 1. The van der Waals surface area contributed by atoms with Crippen molar-refractivity contribution in [3.05, 3.63) is 0 Å². The predicted molar refractivity (Wildman–Crippen MR) is 91.5 cm³/mol. The molecule has 0 bridgehead atoms. The van der Waals surface area contributed by atoms with Crippen molar-refractivity contribution in [1.82, 2.24) is 10.2 Å². The molecular weight excluding hydrogens is 280 g/mol. The Bertz CT molecular complexity index is 340. The van der Waals surface area contributed by atoms with Gasteiger partial charge in [0, 0.05) is 11.3 Å². The summed E-state index contributed by atoms with van der Waals surface area (Å²) in [6.45, 7) is 6.62. The second-order valence-electron chi connectivity index (χ2n) is 7.07. The van der Waals surface area contributed by atoms with Crippen LogP contribution in [0.1, 0.15) is 65.7 Å². The molecule has 1 saturated heterocycles. The Hall–Kier alpha value is -0.220. The Labute approximate surface area is 134 Å². The molecule has 2 aliphatic rings. The van der Waals surface area contributed by atoms with E-state index in [0.29, 0.717) is 17.9 Å². The van der Waals surface area contributed by atoms with Crippen molar-refractivity contribution >= 4 is 17.7 Å². The molecule has 2 atom stereocenters. The lowest BCUT2D eigenvalue weighted by molar-refractivity contribution is -0.133. The van der Waals surface area contributed by atoms with Crippen molar-refractivity contribution in [1.29, 1.82) is 0 Å². The van der Waals surface area contributed by atoms with Gasteiger partial charge in [-0.05, 0) is 50.7 Å². The first-order valence-electron chi connectivity index (χ1n) is 8.67. The van der Waals surface area contributed by atoms with Crippen molar-refractivity contribution in [3.63, 3.8) is 0 Å². The summed E-state index contributed by atoms with van der Waals surface area (Å²) in [6.07, 6.45) is 10.6. The average Bonchev–Trinajstić information content (AvgIpc) is 2.75. The molecule has 0 aromatic rings. The molecule has 0 aromatic heterocycles. The first-order chi connectivity index (χ1) is 10.1. The molecule has 0 spiro atoms. The third-order valence-electron chi connectivity index (χ3n) is 4.92. The van der Waals surface area contributed by atoms with Crippen LogP contribution in [0.5, 0.6) is 0 Å². The maximum atomic E-state index is 12.8. The molecule has 1 aliphatic carbocycles. The van der Waals surface area contributed by atoms with E-state index in [-0.39, 0.29) is 12.2 Å². The molecule has 1 amide bonds. The molecule has 2 rings (SSSR count). The predicted octanol–water partition coefficient (Wildman–Crippen LogP) is 3.63. The largest absolute Gasteiger partial charge is 0.323 e. The standard InChI is InChI=1S/C17H32N2OS/c1-5-6-16-18-15(11-12(2)3)17(20)19(16)13-7-9-14(21-4)10-8-13/h12-16,18H,5-11H2,1-4H3. The first-order valence-corrected chi connectivity index (χ1v) is 9.96. The third kappa shape index (κ3) is 4.16. The summed E-state index contributed by atoms with van der Waals surface area (Å²) in [7, 11) is 0. The van der Waals surface area contributed by atoms with Gasteiger partial charge in [-0.2, -0.15) is 11.8 Å². The van der Waals surface area contributed by atoms with Gasteiger partial charge in [0.2, 0.25) is 5.91 Å². The van der Waals surface area contributed by atoms with Gasteiger partial charge in [-0.3, -0.25) is 10.1 Å². The number of thioether (sulfide) groups is 1. The van der Waals surface area contributed by atoms with Crippen LogP contribution in [0.3, 0.4) is 0 Å². The smallest absolute Gasteiger partial charge is 0.241 e. The molecule has 0 radical (unpaired) electrons. The van der Waals surface area contributed by atoms with E-state index >= 15 is 0 Å². The maximum absolute atomic E-state index is 12.8. The van der Waals surface area contributed by atoms with Crippen molar-refractivity contribution in [2.75, 3.05) is 6.26 Å². The number of carbonyl (C=O) groups is 1. The monoisotopic (exact) mass is 312 g/mol. The van der Waals surface area contributed by atoms with Crippen molar-refractivity contribution in [2.24, 2.45) is 5.92 Å². The van der Waals surface area contributed by atoms with Crippen LogP contribution in [0.15, 0.2) is 0 Å². The second-order valence-corrected chi connectivity index (χ2v) is 8.20. The Morgan fingerprint density at radius 1 is 1.29 bits per heavy atom. The summed E-state index contributed by atoms with van der Waals surface area (Å²) in [5.41, 5.74) is 0. The zero-order valence-corrected chi connectivity index (χ0v) is 14.9. The number of hydrogen-bond donors (Lipinski definition) is 1. The third-order valence-corrected chi connectivity index (χ3v) is 6.06. The molecule has 2 unspecified atom stereocenters. The number of rotatable bonds is 6. The van der Waals surface area contributed by atoms with Crippen LogP contribution in [0.2, 0.25) is 0 Å². The van der Waals surface area contributed by atoms with Gasteiger partial charge in [-0.15, -0.1) is 0 Å². The van der Waals surface area contributed by atoms with E-state index in [1.807, 2.05) is 11.8 Å². The van der Waals surface area contributed by atoms with Crippen LogP contribution in [-0.2, 0) is 4.79 Å². The molecule has 21 heavy (non-hydrogen) atoms. The Morgan fingerprint density at radius 2 is 1.95 bits per heavy atom. The molecule has 1 heterocycles. The van der Waals surface area contributed by atoms with Gasteiger partial charge in [0.05, 0.1) is 12.2 Å². The highest BCUT2D eigenvalue weighted by Gasteiger charge is 2.42. The number of carbonyl (C=O) groups excluding carboxylic acids is 1. The lowest BCUT2D eigenvalue weighted by Gasteiger charge is -2.37. The van der Waals surface area contributed by atoms with Crippen LogP contribution >= 0.6 is 11.8 Å². The van der Waals surface area contributed by atoms with Gasteiger partial charge >= 0.3 is 0 Å². The lowest BCUT2D eigenvalue weighted by atomic mass is 9.93. The topological polar surface area (TPSA) is 32.3 Å². The van der Waals surface area contributed by atoms with E-state index in [1.54, 1.807) is 0 Å². The first kappa shape index (κ1) is 17.1. The van der Waals surface area contributed by atoms with E-state index in [2.05, 4.69) is 37.2 Å². The summed E-state index contributed by atoms with van der Waals surface area (Å²) in [4.78, 5) is 15.1. The van der Waals surface area contributed by atoms with Gasteiger partial charge in [0.15, 0.2) is 0 Å². The maximum Gasteiger partial charge on any atom is 0.241 e. The highest BCUT2D eigenvalue weighted by molar-refractivity contribution is 7.99. The molecule has 2 fully saturated rings. The minimum atomic E-state index is 0.0554. The number of nitrogens with one attached hydrogen (secondary N) is 1. The van der Waals surface area contributed by atoms with E-state index in [0.717, 1.165) is 24.5 Å². The Morgan fingerprint density at radius 3 is 2.48 bits per heavy atom. The fourth-order valence-corrected chi connectivity index (χ4v) is 4.59. The molecule has 122 valence electrons. The summed E-state index contributed by atoms with van der Waals surface area (Å²) < 4.78 is 0. The molecule has 0 aromatic carbocycles. The van der Waals surface area contributed by atoms with E-state index in [9.17, 15) is 4.79 Å². The van der Waals surface area contributed by atoms with Crippen LogP contribution in [0.4, 0.5) is 0 Å². The van der Waals surface area contributed by atoms with Crippen LogP contribution < -0.4 is 5.32 Å². The van der Waals surface area contributed by atoms with Gasteiger partial charge < -0.3 is 4.90 Å². The van der Waals surface area contributed by atoms with Gasteiger partial charge in [-0.25, -0.2) is 0 Å². The lowest BCUT2D eigenvalue weighted by Crippen LogP contribution is -2.46. The van der Waals surface area contributed by atoms with E-state index in [1.165, 1.54) is 25.7 Å². The summed E-state index contributed by atoms with van der Waals surface area (Å²) in [6, 6.07) is 0.530. The molecule has 1 N–H and O–H groups in total. The quantitative estimate of drug-likeness (QED) is 0.813. The van der Waals surface area contributed by atoms with Gasteiger partial charge in [-0.1, -0.05) is 27.2 Å².